The topological polar surface area (TPSA) is 64.1 Å². The fourth-order valence-corrected chi connectivity index (χ4v) is 3.16. The van der Waals surface area contributed by atoms with Crippen molar-refractivity contribution in [1.82, 2.24) is 10.6 Å². The number of guanidine groups is 1. The van der Waals surface area contributed by atoms with Crippen molar-refractivity contribution in [2.75, 3.05) is 39.5 Å². The molecule has 1 aromatic carbocycles. The van der Waals surface area contributed by atoms with Crippen LogP contribution in [0, 0.1) is 5.92 Å². The molecule has 0 aromatic heterocycles. The highest BCUT2D eigenvalue weighted by Crippen LogP contribution is 2.38. The highest BCUT2D eigenvalue weighted by atomic mass is 35.5. The zero-order valence-electron chi connectivity index (χ0n) is 14.6. The minimum Gasteiger partial charge on any atom is -0.489 e. The van der Waals surface area contributed by atoms with Crippen LogP contribution >= 0.6 is 11.6 Å². The van der Waals surface area contributed by atoms with E-state index < -0.39 is 0 Å². The molecule has 0 aliphatic carbocycles. The minimum absolute atomic E-state index is 0.521. The molecule has 1 aromatic rings. The summed E-state index contributed by atoms with van der Waals surface area (Å²) in [5, 5.41) is 7.24. The normalized spacial score (nSPS) is 20.2. The first-order valence-electron chi connectivity index (χ1n) is 8.94. The van der Waals surface area contributed by atoms with E-state index >= 15 is 0 Å². The number of nitrogens with one attached hydrogen (secondary N) is 2. The van der Waals surface area contributed by atoms with E-state index in [4.69, 9.17) is 25.8 Å². The van der Waals surface area contributed by atoms with E-state index in [0.29, 0.717) is 42.2 Å². The van der Waals surface area contributed by atoms with E-state index in [1.165, 1.54) is 0 Å². The van der Waals surface area contributed by atoms with Crippen LogP contribution in [0.1, 0.15) is 25.3 Å². The predicted molar refractivity (Wildman–Crippen MR) is 98.8 cm³/mol. The van der Waals surface area contributed by atoms with E-state index in [9.17, 15) is 0 Å². The Kier molecular flexibility index (Phi) is 6.64. The Morgan fingerprint density at radius 1 is 1.24 bits per heavy atom. The first-order chi connectivity index (χ1) is 12.3. The van der Waals surface area contributed by atoms with Crippen LogP contribution in [0.4, 0.5) is 0 Å². The quantitative estimate of drug-likeness (QED) is 0.618. The summed E-state index contributed by atoms with van der Waals surface area (Å²) in [6, 6.07) is 3.86. The Morgan fingerprint density at radius 2 is 2.12 bits per heavy atom. The molecule has 0 bridgehead atoms. The lowest BCUT2D eigenvalue weighted by Crippen LogP contribution is -2.39. The van der Waals surface area contributed by atoms with E-state index in [-0.39, 0.29) is 0 Å². The number of rotatable bonds is 5. The molecule has 138 valence electrons. The van der Waals surface area contributed by atoms with Gasteiger partial charge in [-0.15, -0.1) is 0 Å². The molecule has 0 amide bonds. The molecule has 0 radical (unpaired) electrons. The van der Waals surface area contributed by atoms with Crippen LogP contribution in [0.5, 0.6) is 11.5 Å². The SMILES string of the molecule is CCNC(=NCc1cc(Cl)c2c(c1)OCCCO2)NCC1CCOC1. The lowest BCUT2D eigenvalue weighted by molar-refractivity contribution is 0.186. The number of nitrogens with zero attached hydrogens (tertiary/aromatic N) is 1. The highest BCUT2D eigenvalue weighted by molar-refractivity contribution is 6.32. The highest BCUT2D eigenvalue weighted by Gasteiger charge is 2.17. The molecule has 7 heteroatoms. The molecule has 2 aliphatic rings. The van der Waals surface area contributed by atoms with Crippen LogP contribution in [-0.4, -0.2) is 45.5 Å². The zero-order valence-corrected chi connectivity index (χ0v) is 15.4. The number of fused-ring (bicyclic) bond motifs is 1. The zero-order chi connectivity index (χ0) is 17.5. The molecule has 0 saturated carbocycles. The number of hydrogen-bond donors (Lipinski definition) is 2. The lowest BCUT2D eigenvalue weighted by atomic mass is 10.1. The largest absolute Gasteiger partial charge is 0.489 e. The van der Waals surface area contributed by atoms with Crippen molar-refractivity contribution in [3.63, 3.8) is 0 Å². The fraction of sp³-hybridized carbons (Fsp3) is 0.611. The first kappa shape index (κ1) is 18.1. The average Bonchev–Trinajstić information content (AvgIpc) is 3.01. The fourth-order valence-electron chi connectivity index (χ4n) is 2.87. The molecular weight excluding hydrogens is 342 g/mol. The predicted octanol–water partition coefficient (Wildman–Crippen LogP) is 2.59. The van der Waals surface area contributed by atoms with Crippen LogP contribution in [0.15, 0.2) is 17.1 Å². The summed E-state index contributed by atoms with van der Waals surface area (Å²) >= 11 is 6.34. The van der Waals surface area contributed by atoms with Gasteiger partial charge in [0.2, 0.25) is 0 Å². The van der Waals surface area contributed by atoms with E-state index in [1.807, 2.05) is 12.1 Å². The molecule has 1 fully saturated rings. The van der Waals surface area contributed by atoms with Gasteiger partial charge in [-0.25, -0.2) is 4.99 Å². The van der Waals surface area contributed by atoms with Crippen molar-refractivity contribution in [3.05, 3.63) is 22.7 Å². The summed E-state index contributed by atoms with van der Waals surface area (Å²) in [4.78, 5) is 4.66. The molecular formula is C18H26ClN3O3. The van der Waals surface area contributed by atoms with E-state index in [0.717, 1.165) is 50.7 Å². The van der Waals surface area contributed by atoms with Gasteiger partial charge in [0, 0.05) is 32.0 Å². The summed E-state index contributed by atoms with van der Waals surface area (Å²) in [7, 11) is 0. The van der Waals surface area contributed by atoms with Gasteiger partial charge in [-0.3, -0.25) is 0 Å². The third kappa shape index (κ3) is 5.16. The van der Waals surface area contributed by atoms with Gasteiger partial charge < -0.3 is 24.8 Å². The van der Waals surface area contributed by atoms with Crippen LogP contribution in [0.2, 0.25) is 5.02 Å². The van der Waals surface area contributed by atoms with Crippen molar-refractivity contribution in [2.24, 2.45) is 10.9 Å². The van der Waals surface area contributed by atoms with Crippen LogP contribution < -0.4 is 20.1 Å². The maximum absolute atomic E-state index is 6.34. The van der Waals surface area contributed by atoms with Gasteiger partial charge in [-0.1, -0.05) is 11.6 Å². The molecule has 0 spiro atoms. The second-order valence-corrected chi connectivity index (χ2v) is 6.67. The monoisotopic (exact) mass is 367 g/mol. The first-order valence-corrected chi connectivity index (χ1v) is 9.32. The molecule has 3 rings (SSSR count). The van der Waals surface area contributed by atoms with Gasteiger partial charge in [-0.05, 0) is 31.0 Å². The summed E-state index contributed by atoms with van der Waals surface area (Å²) in [6.07, 6.45) is 1.96. The second kappa shape index (κ2) is 9.15. The standard InChI is InChI=1S/C18H26ClN3O3/c1-2-20-18(21-10-13-4-7-23-12-13)22-11-14-8-15(19)17-16(9-14)24-5-3-6-25-17/h8-9,13H,2-7,10-12H2,1H3,(H2,20,21,22). The molecule has 25 heavy (non-hydrogen) atoms. The van der Waals surface area contributed by atoms with Gasteiger partial charge in [-0.2, -0.15) is 0 Å². The number of benzene rings is 1. The van der Waals surface area contributed by atoms with E-state index in [2.05, 4.69) is 22.5 Å². The Bertz CT molecular complexity index is 603. The average molecular weight is 368 g/mol. The summed E-state index contributed by atoms with van der Waals surface area (Å²) in [5.41, 5.74) is 0.996. The molecule has 2 heterocycles. The van der Waals surface area contributed by atoms with Crippen LogP contribution in [-0.2, 0) is 11.3 Å². The number of halogens is 1. The van der Waals surface area contributed by atoms with Crippen LogP contribution in [0.3, 0.4) is 0 Å². The van der Waals surface area contributed by atoms with Crippen molar-refractivity contribution in [1.29, 1.82) is 0 Å². The Balaban J connectivity index is 1.65. The van der Waals surface area contributed by atoms with Crippen LogP contribution in [0.25, 0.3) is 0 Å². The van der Waals surface area contributed by atoms with Gasteiger partial charge in [0.05, 0.1) is 31.4 Å². The smallest absolute Gasteiger partial charge is 0.191 e. The maximum Gasteiger partial charge on any atom is 0.191 e. The molecule has 1 saturated heterocycles. The Labute approximate surface area is 153 Å². The van der Waals surface area contributed by atoms with Crippen molar-refractivity contribution in [3.8, 4) is 11.5 Å². The van der Waals surface area contributed by atoms with Crippen molar-refractivity contribution in [2.45, 2.75) is 26.3 Å². The van der Waals surface area contributed by atoms with E-state index in [1.54, 1.807) is 0 Å². The third-order valence-electron chi connectivity index (χ3n) is 4.21. The van der Waals surface area contributed by atoms with Crippen molar-refractivity contribution < 1.29 is 14.2 Å². The van der Waals surface area contributed by atoms with Gasteiger partial charge in [0.1, 0.15) is 0 Å². The molecule has 2 aliphatic heterocycles. The lowest BCUT2D eigenvalue weighted by Gasteiger charge is -2.14. The maximum atomic E-state index is 6.34. The van der Waals surface area contributed by atoms with Gasteiger partial charge >= 0.3 is 0 Å². The number of aliphatic imine (C=N–C) groups is 1. The minimum atomic E-state index is 0.521. The number of hydrogen-bond acceptors (Lipinski definition) is 4. The molecule has 2 N–H and O–H groups in total. The summed E-state index contributed by atoms with van der Waals surface area (Å²) in [5.74, 6) is 2.70. The third-order valence-corrected chi connectivity index (χ3v) is 4.49. The summed E-state index contributed by atoms with van der Waals surface area (Å²) in [6.45, 7) is 7.21. The summed E-state index contributed by atoms with van der Waals surface area (Å²) < 4.78 is 16.8. The van der Waals surface area contributed by atoms with Gasteiger partial charge in [0.25, 0.3) is 0 Å². The Hall–Kier alpha value is -1.66. The van der Waals surface area contributed by atoms with Gasteiger partial charge in [0.15, 0.2) is 17.5 Å². The van der Waals surface area contributed by atoms with Crippen molar-refractivity contribution >= 4 is 17.6 Å². The second-order valence-electron chi connectivity index (χ2n) is 6.26. The number of ether oxygens (including phenoxy) is 3. The Morgan fingerprint density at radius 3 is 2.92 bits per heavy atom. The molecule has 1 atom stereocenters. The molecule has 6 nitrogen and oxygen atoms in total. The molecule has 1 unspecified atom stereocenters.